The van der Waals surface area contributed by atoms with Crippen molar-refractivity contribution in [3.05, 3.63) is 29.8 Å². The highest BCUT2D eigenvalue weighted by Crippen LogP contribution is 2.61. The second-order valence-corrected chi connectivity index (χ2v) is 6.43. The SMILES string of the molecule is CCOc1cccc(C(CC(F)(F)C(F)(F)C(F)(F)C(F)(F)C(F)(F)C(F)(F)F)OC)c1. The van der Waals surface area contributed by atoms with E-state index in [1.54, 1.807) is 0 Å². The van der Waals surface area contributed by atoms with Gasteiger partial charge in [-0.3, -0.25) is 0 Å². The quantitative estimate of drug-likeness (QED) is 0.327. The van der Waals surface area contributed by atoms with Gasteiger partial charge in [-0.15, -0.1) is 0 Å². The first kappa shape index (κ1) is 28.1. The molecular weight excluding hydrogens is 483 g/mol. The zero-order valence-electron chi connectivity index (χ0n) is 16.0. The molecule has 0 spiro atoms. The molecule has 1 unspecified atom stereocenters. The average molecular weight is 498 g/mol. The third-order valence-corrected chi connectivity index (χ3v) is 4.27. The van der Waals surface area contributed by atoms with E-state index in [9.17, 15) is 57.1 Å². The molecule has 0 saturated heterocycles. The van der Waals surface area contributed by atoms with Crippen molar-refractivity contribution in [2.45, 2.75) is 55.2 Å². The Morgan fingerprint density at radius 3 is 1.69 bits per heavy atom. The van der Waals surface area contributed by atoms with E-state index in [1.165, 1.54) is 13.0 Å². The van der Waals surface area contributed by atoms with Crippen molar-refractivity contribution in [1.82, 2.24) is 0 Å². The summed E-state index contributed by atoms with van der Waals surface area (Å²) >= 11 is 0. The van der Waals surface area contributed by atoms with Crippen molar-refractivity contribution in [3.63, 3.8) is 0 Å². The fourth-order valence-electron chi connectivity index (χ4n) is 2.47. The van der Waals surface area contributed by atoms with Gasteiger partial charge in [0.15, 0.2) is 0 Å². The maximum absolute atomic E-state index is 14.1. The maximum atomic E-state index is 14.1. The lowest BCUT2D eigenvalue weighted by Gasteiger charge is -2.40. The van der Waals surface area contributed by atoms with Gasteiger partial charge in [0.25, 0.3) is 0 Å². The molecule has 32 heavy (non-hydrogen) atoms. The van der Waals surface area contributed by atoms with E-state index in [4.69, 9.17) is 4.74 Å². The summed E-state index contributed by atoms with van der Waals surface area (Å²) < 4.78 is 181. The number of hydrogen-bond donors (Lipinski definition) is 0. The fourth-order valence-corrected chi connectivity index (χ4v) is 2.47. The van der Waals surface area contributed by atoms with Crippen molar-refractivity contribution in [1.29, 1.82) is 0 Å². The lowest BCUT2D eigenvalue weighted by atomic mass is 9.90. The summed E-state index contributed by atoms with van der Waals surface area (Å²) in [6.07, 6.45) is -12.1. The average Bonchev–Trinajstić information content (AvgIpc) is 2.65. The Hall–Kier alpha value is -1.93. The Kier molecular flexibility index (Phi) is 7.71. The minimum absolute atomic E-state index is 0.0104. The van der Waals surface area contributed by atoms with E-state index in [1.807, 2.05) is 0 Å². The maximum Gasteiger partial charge on any atom is 0.460 e. The number of rotatable bonds is 10. The lowest BCUT2D eigenvalue weighted by Crippen LogP contribution is -2.70. The molecule has 0 aliphatic heterocycles. The third-order valence-electron chi connectivity index (χ3n) is 4.27. The number of hydrogen-bond acceptors (Lipinski definition) is 2. The first-order chi connectivity index (χ1) is 14.2. The third kappa shape index (κ3) is 4.57. The van der Waals surface area contributed by atoms with Gasteiger partial charge in [0.2, 0.25) is 0 Å². The smallest absolute Gasteiger partial charge is 0.460 e. The second-order valence-electron chi connectivity index (χ2n) is 6.43. The summed E-state index contributed by atoms with van der Waals surface area (Å²) in [5.74, 6) is -37.1. The van der Waals surface area contributed by atoms with Gasteiger partial charge in [-0.1, -0.05) is 12.1 Å². The Bertz CT molecular complexity index is 774. The summed E-state index contributed by atoms with van der Waals surface area (Å²) in [5, 5.41) is 0. The van der Waals surface area contributed by atoms with Crippen LogP contribution in [0.2, 0.25) is 0 Å². The van der Waals surface area contributed by atoms with E-state index in [0.717, 1.165) is 18.2 Å². The molecular formula is C17H15F13O2. The molecule has 15 heteroatoms. The van der Waals surface area contributed by atoms with Crippen LogP contribution in [-0.4, -0.2) is 49.5 Å². The summed E-state index contributed by atoms with van der Waals surface area (Å²) in [4.78, 5) is 0. The van der Waals surface area contributed by atoms with Crippen LogP contribution < -0.4 is 4.74 Å². The number of halogens is 13. The topological polar surface area (TPSA) is 18.5 Å². The molecule has 0 aromatic heterocycles. The zero-order chi connectivity index (χ0) is 25.4. The van der Waals surface area contributed by atoms with Gasteiger partial charge < -0.3 is 9.47 Å². The van der Waals surface area contributed by atoms with Crippen LogP contribution in [0.1, 0.15) is 25.0 Å². The molecule has 0 heterocycles. The van der Waals surface area contributed by atoms with Crippen LogP contribution >= 0.6 is 0 Å². The van der Waals surface area contributed by atoms with Crippen LogP contribution in [0.25, 0.3) is 0 Å². The summed E-state index contributed by atoms with van der Waals surface area (Å²) in [5.41, 5.74) is -0.385. The summed E-state index contributed by atoms with van der Waals surface area (Å²) in [6.45, 7) is 1.57. The molecule has 2 nitrogen and oxygen atoms in total. The van der Waals surface area contributed by atoms with Crippen LogP contribution in [0.4, 0.5) is 57.1 Å². The first-order valence-electron chi connectivity index (χ1n) is 8.42. The van der Waals surface area contributed by atoms with Gasteiger partial charge in [-0.05, 0) is 24.6 Å². The predicted molar refractivity (Wildman–Crippen MR) is 82.8 cm³/mol. The summed E-state index contributed by atoms with van der Waals surface area (Å²) in [7, 11) is 0.650. The molecule has 0 aliphatic carbocycles. The largest absolute Gasteiger partial charge is 0.494 e. The molecule has 0 saturated carbocycles. The first-order valence-corrected chi connectivity index (χ1v) is 8.42. The van der Waals surface area contributed by atoms with Gasteiger partial charge in [0, 0.05) is 13.5 Å². The molecule has 0 amide bonds. The van der Waals surface area contributed by atoms with Gasteiger partial charge in [0.1, 0.15) is 5.75 Å². The van der Waals surface area contributed by atoms with E-state index in [0.29, 0.717) is 7.11 Å². The molecule has 186 valence electrons. The lowest BCUT2D eigenvalue weighted by molar-refractivity contribution is -0.440. The van der Waals surface area contributed by atoms with E-state index in [2.05, 4.69) is 4.74 Å². The van der Waals surface area contributed by atoms with Crippen LogP contribution in [0.3, 0.4) is 0 Å². The molecule has 1 rings (SSSR count). The van der Waals surface area contributed by atoms with Gasteiger partial charge in [-0.25, -0.2) is 0 Å². The predicted octanol–water partition coefficient (Wildman–Crippen LogP) is 6.90. The Labute approximate surface area is 172 Å². The highest BCUT2D eigenvalue weighted by atomic mass is 19.4. The minimum Gasteiger partial charge on any atom is -0.494 e. The Morgan fingerprint density at radius 2 is 1.25 bits per heavy atom. The standard InChI is InChI=1S/C17H15F13O2/c1-3-32-10-6-4-5-9(7-10)11(31-2)8-12(18,19)13(20,21)14(22,23)15(24,25)16(26,27)17(28,29)30/h4-7,11H,3,8H2,1-2H3. The van der Waals surface area contributed by atoms with Gasteiger partial charge in [-0.2, -0.15) is 57.1 Å². The van der Waals surface area contributed by atoms with Crippen molar-refractivity contribution in [2.75, 3.05) is 13.7 Å². The molecule has 0 radical (unpaired) electrons. The van der Waals surface area contributed by atoms with Gasteiger partial charge in [0.05, 0.1) is 12.7 Å². The van der Waals surface area contributed by atoms with Crippen LogP contribution in [0.15, 0.2) is 24.3 Å². The van der Waals surface area contributed by atoms with Crippen LogP contribution in [-0.2, 0) is 4.74 Å². The Balaban J connectivity index is 3.39. The molecule has 0 N–H and O–H groups in total. The molecule has 1 aromatic rings. The minimum atomic E-state index is -7.93. The van der Waals surface area contributed by atoms with Crippen molar-refractivity contribution < 1.29 is 66.5 Å². The normalized spacial score (nSPS) is 15.6. The van der Waals surface area contributed by atoms with Crippen molar-refractivity contribution in [3.8, 4) is 5.75 Å². The highest BCUT2D eigenvalue weighted by Gasteiger charge is 2.90. The van der Waals surface area contributed by atoms with Crippen molar-refractivity contribution in [2.24, 2.45) is 0 Å². The van der Waals surface area contributed by atoms with E-state index in [-0.39, 0.29) is 17.9 Å². The molecule has 1 aromatic carbocycles. The van der Waals surface area contributed by atoms with Crippen molar-refractivity contribution >= 4 is 0 Å². The highest BCUT2D eigenvalue weighted by molar-refractivity contribution is 5.30. The molecule has 1 atom stereocenters. The number of alkyl halides is 13. The number of methoxy groups -OCH3 is 1. The molecule has 0 fully saturated rings. The zero-order valence-corrected chi connectivity index (χ0v) is 16.0. The van der Waals surface area contributed by atoms with Crippen LogP contribution in [0, 0.1) is 0 Å². The fraction of sp³-hybridized carbons (Fsp3) is 0.647. The van der Waals surface area contributed by atoms with Crippen LogP contribution in [0.5, 0.6) is 5.75 Å². The molecule has 0 aliphatic rings. The number of benzene rings is 1. The molecule has 0 bridgehead atoms. The van der Waals surface area contributed by atoms with Gasteiger partial charge >= 0.3 is 35.8 Å². The number of ether oxygens (including phenoxy) is 2. The second kappa shape index (κ2) is 8.78. The Morgan fingerprint density at radius 1 is 0.750 bits per heavy atom. The monoisotopic (exact) mass is 498 g/mol. The summed E-state index contributed by atoms with van der Waals surface area (Å²) in [6, 6.07) is 4.36. The van der Waals surface area contributed by atoms with E-state index < -0.39 is 48.3 Å². The van der Waals surface area contributed by atoms with E-state index >= 15 is 0 Å².